The van der Waals surface area contributed by atoms with E-state index in [1.165, 1.54) is 0 Å². The smallest absolute Gasteiger partial charge is 0.310 e. The highest BCUT2D eigenvalue weighted by Crippen LogP contribution is 2.44. The highest BCUT2D eigenvalue weighted by atomic mass is 16.5. The van der Waals surface area contributed by atoms with Gasteiger partial charge in [0.1, 0.15) is 5.75 Å². The van der Waals surface area contributed by atoms with E-state index in [2.05, 4.69) is 5.32 Å². The summed E-state index contributed by atoms with van der Waals surface area (Å²) in [7, 11) is 1.59. The van der Waals surface area contributed by atoms with Crippen LogP contribution in [0.2, 0.25) is 0 Å². The van der Waals surface area contributed by atoms with E-state index < -0.39 is 17.4 Å². The molecule has 1 fully saturated rings. The molecule has 1 amide bonds. The number of ether oxygens (including phenoxy) is 1. The fourth-order valence-corrected chi connectivity index (χ4v) is 3.48. The van der Waals surface area contributed by atoms with Crippen molar-refractivity contribution in [3.63, 3.8) is 0 Å². The number of carboxylic acid groups (broad SMARTS) is 1. The van der Waals surface area contributed by atoms with Gasteiger partial charge in [-0.15, -0.1) is 0 Å². The summed E-state index contributed by atoms with van der Waals surface area (Å²) in [5, 5.41) is 12.5. The lowest BCUT2D eigenvalue weighted by molar-refractivity contribution is -0.157. The van der Waals surface area contributed by atoms with Crippen molar-refractivity contribution in [1.29, 1.82) is 0 Å². The summed E-state index contributed by atoms with van der Waals surface area (Å²) in [4.78, 5) is 24.3. The third kappa shape index (κ3) is 3.57. The van der Waals surface area contributed by atoms with E-state index in [1.54, 1.807) is 7.11 Å². The zero-order valence-electron chi connectivity index (χ0n) is 14.8. The number of methoxy groups -OCH3 is 1. The Labute approximate surface area is 153 Å². The van der Waals surface area contributed by atoms with Crippen LogP contribution < -0.4 is 10.1 Å². The van der Waals surface area contributed by atoms with Crippen LogP contribution in [0.25, 0.3) is 0 Å². The van der Waals surface area contributed by atoms with Gasteiger partial charge >= 0.3 is 5.97 Å². The van der Waals surface area contributed by atoms with Crippen molar-refractivity contribution in [3.8, 4) is 5.75 Å². The Morgan fingerprint density at radius 2 is 1.77 bits per heavy atom. The molecule has 5 heteroatoms. The van der Waals surface area contributed by atoms with E-state index in [4.69, 9.17) is 4.74 Å². The Morgan fingerprint density at radius 3 is 2.35 bits per heavy atom. The van der Waals surface area contributed by atoms with Gasteiger partial charge in [0.25, 0.3) is 0 Å². The van der Waals surface area contributed by atoms with Crippen LogP contribution in [0.3, 0.4) is 0 Å². The lowest BCUT2D eigenvalue weighted by Crippen LogP contribution is -2.43. The summed E-state index contributed by atoms with van der Waals surface area (Å²) in [5.41, 5.74) is 0.849. The molecule has 2 aromatic rings. The van der Waals surface area contributed by atoms with Gasteiger partial charge in [-0.25, -0.2) is 0 Å². The highest BCUT2D eigenvalue weighted by Gasteiger charge is 2.46. The summed E-state index contributed by atoms with van der Waals surface area (Å²) < 4.78 is 5.46. The topological polar surface area (TPSA) is 75.6 Å². The minimum atomic E-state index is -0.911. The maximum absolute atomic E-state index is 12.7. The fraction of sp³-hybridized carbons (Fsp3) is 0.333. The normalized spacial score (nSPS) is 16.2. The molecule has 26 heavy (non-hydrogen) atoms. The number of carbonyl (C=O) groups is 2. The van der Waals surface area contributed by atoms with Gasteiger partial charge in [0.05, 0.1) is 18.6 Å². The van der Waals surface area contributed by atoms with Crippen LogP contribution in [0, 0.1) is 5.41 Å². The van der Waals surface area contributed by atoms with E-state index in [9.17, 15) is 14.7 Å². The number of carbonyl (C=O) groups excluding carboxylic acids is 1. The van der Waals surface area contributed by atoms with Gasteiger partial charge in [-0.2, -0.15) is 0 Å². The van der Waals surface area contributed by atoms with Crippen molar-refractivity contribution in [2.75, 3.05) is 7.11 Å². The van der Waals surface area contributed by atoms with Gasteiger partial charge in [-0.3, -0.25) is 9.59 Å². The summed E-state index contributed by atoms with van der Waals surface area (Å²) in [6.45, 7) is 0. The van der Waals surface area contributed by atoms with Crippen LogP contribution >= 0.6 is 0 Å². The van der Waals surface area contributed by atoms with Crippen LogP contribution in [-0.2, 0) is 9.59 Å². The van der Waals surface area contributed by atoms with Crippen molar-refractivity contribution >= 4 is 11.9 Å². The molecule has 0 heterocycles. The predicted octanol–water partition coefficient (Wildman–Crippen LogP) is 3.55. The van der Waals surface area contributed by atoms with E-state index >= 15 is 0 Å². The molecule has 2 aromatic carbocycles. The Morgan fingerprint density at radius 1 is 1.12 bits per heavy atom. The number of nitrogens with one attached hydrogen (secondary N) is 1. The monoisotopic (exact) mass is 353 g/mol. The first-order valence-corrected chi connectivity index (χ1v) is 8.76. The number of hydrogen-bond donors (Lipinski definition) is 2. The molecule has 0 aliphatic heterocycles. The molecular weight excluding hydrogens is 330 g/mol. The van der Waals surface area contributed by atoms with E-state index in [0.717, 1.165) is 17.5 Å². The van der Waals surface area contributed by atoms with Gasteiger partial charge in [0, 0.05) is 12.0 Å². The first-order chi connectivity index (χ1) is 12.6. The lowest BCUT2D eigenvalue weighted by Gasteiger charge is -2.37. The Hall–Kier alpha value is -2.82. The van der Waals surface area contributed by atoms with Crippen molar-refractivity contribution in [1.82, 2.24) is 5.32 Å². The van der Waals surface area contributed by atoms with Crippen molar-refractivity contribution in [2.24, 2.45) is 5.41 Å². The lowest BCUT2D eigenvalue weighted by atomic mass is 9.66. The molecule has 0 saturated heterocycles. The molecule has 1 aliphatic rings. The maximum Gasteiger partial charge on any atom is 0.310 e. The molecular formula is C21H23NO4. The first kappa shape index (κ1) is 18.0. The molecule has 0 bridgehead atoms. The van der Waals surface area contributed by atoms with Crippen LogP contribution in [0.5, 0.6) is 5.75 Å². The van der Waals surface area contributed by atoms with Crippen molar-refractivity contribution in [3.05, 3.63) is 65.7 Å². The Kier molecular flexibility index (Phi) is 5.26. The second kappa shape index (κ2) is 7.60. The summed E-state index contributed by atoms with van der Waals surface area (Å²) in [6, 6.07) is 16.7. The van der Waals surface area contributed by atoms with Crippen LogP contribution in [0.4, 0.5) is 0 Å². The molecule has 1 atom stereocenters. The molecule has 2 N–H and O–H groups in total. The average molecular weight is 353 g/mol. The number of carboxylic acids is 1. The van der Waals surface area contributed by atoms with E-state index in [-0.39, 0.29) is 12.3 Å². The Balaban J connectivity index is 1.87. The molecule has 1 unspecified atom stereocenters. The van der Waals surface area contributed by atoms with Gasteiger partial charge in [-0.1, -0.05) is 55.0 Å². The SMILES string of the molecule is COc1ccccc1C(NC(=O)CC1(C(=O)O)CCC1)c1ccccc1. The second-order valence-electron chi connectivity index (χ2n) is 6.77. The fourth-order valence-electron chi connectivity index (χ4n) is 3.48. The predicted molar refractivity (Wildman–Crippen MR) is 98.0 cm³/mol. The van der Waals surface area contributed by atoms with Crippen LogP contribution in [0.15, 0.2) is 54.6 Å². The number of rotatable bonds is 7. The van der Waals surface area contributed by atoms with Crippen molar-refractivity contribution in [2.45, 2.75) is 31.7 Å². The number of amides is 1. The largest absolute Gasteiger partial charge is 0.496 e. The zero-order chi connectivity index (χ0) is 18.6. The number of benzene rings is 2. The van der Waals surface area contributed by atoms with Gasteiger partial charge in [-0.05, 0) is 24.5 Å². The number of para-hydroxylation sites is 1. The molecule has 1 aliphatic carbocycles. The molecule has 5 nitrogen and oxygen atoms in total. The second-order valence-corrected chi connectivity index (χ2v) is 6.77. The summed E-state index contributed by atoms with van der Waals surface area (Å²) >= 11 is 0. The van der Waals surface area contributed by atoms with Gasteiger partial charge in [0.2, 0.25) is 5.91 Å². The zero-order valence-corrected chi connectivity index (χ0v) is 14.8. The average Bonchev–Trinajstić information content (AvgIpc) is 2.63. The summed E-state index contributed by atoms with van der Waals surface area (Å²) in [5.74, 6) is -0.461. The number of aliphatic carboxylic acids is 1. The molecule has 0 radical (unpaired) electrons. The van der Waals surface area contributed by atoms with Gasteiger partial charge < -0.3 is 15.2 Å². The Bertz CT molecular complexity index is 784. The van der Waals surface area contributed by atoms with Crippen LogP contribution in [-0.4, -0.2) is 24.1 Å². The molecule has 136 valence electrons. The molecule has 3 rings (SSSR count). The third-order valence-electron chi connectivity index (χ3n) is 5.15. The van der Waals surface area contributed by atoms with Crippen LogP contribution in [0.1, 0.15) is 42.9 Å². The van der Waals surface area contributed by atoms with Gasteiger partial charge in [0.15, 0.2) is 0 Å². The quantitative estimate of drug-likeness (QED) is 0.798. The minimum Gasteiger partial charge on any atom is -0.496 e. The van der Waals surface area contributed by atoms with E-state index in [0.29, 0.717) is 18.6 Å². The standard InChI is InChI=1S/C21H23NO4/c1-26-17-11-6-5-10-16(17)19(15-8-3-2-4-9-15)22-18(23)14-21(20(24)25)12-7-13-21/h2-6,8-11,19H,7,12-14H2,1H3,(H,22,23)(H,24,25). The first-order valence-electron chi connectivity index (χ1n) is 8.76. The highest BCUT2D eigenvalue weighted by molar-refractivity contribution is 5.86. The molecule has 0 spiro atoms. The van der Waals surface area contributed by atoms with Crippen molar-refractivity contribution < 1.29 is 19.4 Å². The minimum absolute atomic E-state index is 0.000809. The third-order valence-corrected chi connectivity index (χ3v) is 5.15. The summed E-state index contributed by atoms with van der Waals surface area (Å²) in [6.07, 6.45) is 1.97. The molecule has 1 saturated carbocycles. The van der Waals surface area contributed by atoms with E-state index in [1.807, 2.05) is 54.6 Å². The maximum atomic E-state index is 12.7. The number of hydrogen-bond acceptors (Lipinski definition) is 3. The molecule has 0 aromatic heterocycles.